The molecule has 0 radical (unpaired) electrons. The summed E-state index contributed by atoms with van der Waals surface area (Å²) < 4.78 is 0. The molecule has 0 aliphatic carbocycles. The average molecular weight is 322 g/mol. The molecule has 6 nitrogen and oxygen atoms in total. The Morgan fingerprint density at radius 3 is 2.86 bits per heavy atom. The summed E-state index contributed by atoms with van der Waals surface area (Å²) in [7, 11) is 0. The van der Waals surface area contributed by atoms with Crippen LogP contribution in [0.2, 0.25) is 0 Å². The molecule has 2 aromatic rings. The zero-order valence-corrected chi connectivity index (χ0v) is 13.2. The monoisotopic (exact) mass is 321 g/mol. The quantitative estimate of drug-likeness (QED) is 0.897. The molecule has 1 aliphatic rings. The fourth-order valence-corrected chi connectivity index (χ4v) is 2.52. The summed E-state index contributed by atoms with van der Waals surface area (Å²) in [4.78, 5) is 13.7. The van der Waals surface area contributed by atoms with E-state index in [1.807, 2.05) is 30.3 Å². The summed E-state index contributed by atoms with van der Waals surface area (Å²) in [6, 6.07) is 9.75. The van der Waals surface area contributed by atoms with Gasteiger partial charge in [0, 0.05) is 6.04 Å². The van der Waals surface area contributed by atoms with Gasteiger partial charge >= 0.3 is 0 Å². The lowest BCUT2D eigenvalue weighted by molar-refractivity contribution is 0.0908. The van der Waals surface area contributed by atoms with Gasteiger partial charge in [0.25, 0.3) is 5.91 Å². The van der Waals surface area contributed by atoms with E-state index in [4.69, 9.17) is 0 Å². The number of carbonyl (C=O) groups excluding carboxylic acids is 1. The smallest absolute Gasteiger partial charge is 0.273 e. The van der Waals surface area contributed by atoms with E-state index in [1.165, 1.54) is 11.0 Å². The SMILES string of the molecule is CC1CNCCC1NC(=O)c1cnn(-c2ccccc2)n1.Cl. The number of para-hydroxylation sites is 1. The van der Waals surface area contributed by atoms with Gasteiger partial charge in [-0.05, 0) is 37.6 Å². The number of aromatic nitrogens is 3. The molecule has 1 aromatic heterocycles. The molecule has 1 saturated heterocycles. The molecule has 2 atom stereocenters. The standard InChI is InChI=1S/C15H19N5O.ClH/c1-11-9-16-8-7-13(11)18-15(21)14-10-17-20(19-14)12-5-3-2-4-6-12;/h2-6,10-11,13,16H,7-9H2,1H3,(H,18,21);1H. The van der Waals surface area contributed by atoms with Crippen LogP contribution in [-0.2, 0) is 0 Å². The number of carbonyl (C=O) groups is 1. The van der Waals surface area contributed by atoms with Crippen LogP contribution < -0.4 is 10.6 Å². The summed E-state index contributed by atoms with van der Waals surface area (Å²) in [5.41, 5.74) is 1.19. The highest BCUT2D eigenvalue weighted by Gasteiger charge is 2.24. The lowest BCUT2D eigenvalue weighted by Crippen LogP contribution is -2.48. The molecule has 0 bridgehead atoms. The van der Waals surface area contributed by atoms with Gasteiger partial charge in [0.2, 0.25) is 0 Å². The first-order valence-electron chi connectivity index (χ1n) is 7.23. The van der Waals surface area contributed by atoms with Crippen molar-refractivity contribution < 1.29 is 4.79 Å². The summed E-state index contributed by atoms with van der Waals surface area (Å²) >= 11 is 0. The Balaban J connectivity index is 0.00000176. The number of amides is 1. The molecular formula is C15H20ClN5O. The number of benzene rings is 1. The van der Waals surface area contributed by atoms with E-state index in [1.54, 1.807) is 0 Å². The molecule has 3 rings (SSSR count). The van der Waals surface area contributed by atoms with Gasteiger partial charge in [0.05, 0.1) is 11.9 Å². The number of rotatable bonds is 3. The van der Waals surface area contributed by atoms with Gasteiger partial charge in [-0.2, -0.15) is 9.90 Å². The van der Waals surface area contributed by atoms with Gasteiger partial charge < -0.3 is 10.6 Å². The van der Waals surface area contributed by atoms with Gasteiger partial charge in [-0.3, -0.25) is 4.79 Å². The number of nitrogens with one attached hydrogen (secondary N) is 2. The second kappa shape index (κ2) is 7.38. The van der Waals surface area contributed by atoms with Crippen molar-refractivity contribution in [3.05, 3.63) is 42.2 Å². The molecule has 118 valence electrons. The fraction of sp³-hybridized carbons (Fsp3) is 0.400. The Morgan fingerprint density at radius 2 is 2.14 bits per heavy atom. The normalized spacial score (nSPS) is 21.0. The van der Waals surface area contributed by atoms with E-state index in [0.717, 1.165) is 25.2 Å². The Hall–Kier alpha value is -1.92. The maximum absolute atomic E-state index is 12.3. The van der Waals surface area contributed by atoms with Crippen LogP contribution in [0.3, 0.4) is 0 Å². The minimum atomic E-state index is -0.157. The van der Waals surface area contributed by atoms with Crippen molar-refractivity contribution in [3.8, 4) is 5.69 Å². The molecule has 1 amide bonds. The van der Waals surface area contributed by atoms with E-state index < -0.39 is 0 Å². The van der Waals surface area contributed by atoms with E-state index in [0.29, 0.717) is 11.6 Å². The average Bonchev–Trinajstić information content (AvgIpc) is 3.00. The molecule has 1 aliphatic heterocycles. The van der Waals surface area contributed by atoms with Crippen molar-refractivity contribution in [3.63, 3.8) is 0 Å². The second-order valence-corrected chi connectivity index (χ2v) is 5.40. The number of nitrogens with zero attached hydrogens (tertiary/aromatic N) is 3. The van der Waals surface area contributed by atoms with Gasteiger partial charge in [-0.25, -0.2) is 0 Å². The zero-order valence-electron chi connectivity index (χ0n) is 12.4. The number of piperidine rings is 1. The highest BCUT2D eigenvalue weighted by molar-refractivity contribution is 5.92. The molecule has 1 aromatic carbocycles. The van der Waals surface area contributed by atoms with E-state index >= 15 is 0 Å². The van der Waals surface area contributed by atoms with Gasteiger partial charge in [0.15, 0.2) is 5.69 Å². The lowest BCUT2D eigenvalue weighted by atomic mass is 9.95. The molecule has 7 heteroatoms. The van der Waals surface area contributed by atoms with Crippen LogP contribution in [0.15, 0.2) is 36.5 Å². The first kappa shape index (κ1) is 16.5. The molecule has 2 unspecified atom stereocenters. The van der Waals surface area contributed by atoms with E-state index in [2.05, 4.69) is 27.8 Å². The van der Waals surface area contributed by atoms with Crippen LogP contribution in [0.25, 0.3) is 5.69 Å². The van der Waals surface area contributed by atoms with Crippen molar-refractivity contribution in [1.82, 2.24) is 25.6 Å². The van der Waals surface area contributed by atoms with Gasteiger partial charge in [-0.1, -0.05) is 25.1 Å². The Kier molecular flexibility index (Phi) is 5.51. The third-order valence-electron chi connectivity index (χ3n) is 3.81. The molecular weight excluding hydrogens is 302 g/mol. The van der Waals surface area contributed by atoms with E-state index in [9.17, 15) is 4.79 Å². The largest absolute Gasteiger partial charge is 0.347 e. The first-order chi connectivity index (χ1) is 10.2. The van der Waals surface area contributed by atoms with Crippen molar-refractivity contribution in [2.24, 2.45) is 5.92 Å². The second-order valence-electron chi connectivity index (χ2n) is 5.40. The highest BCUT2D eigenvalue weighted by atomic mass is 35.5. The van der Waals surface area contributed by atoms with Crippen molar-refractivity contribution in [2.75, 3.05) is 13.1 Å². The number of hydrogen-bond acceptors (Lipinski definition) is 4. The summed E-state index contributed by atoms with van der Waals surface area (Å²) in [6.07, 6.45) is 2.45. The third kappa shape index (κ3) is 3.64. The maximum Gasteiger partial charge on any atom is 0.273 e. The van der Waals surface area contributed by atoms with Crippen LogP contribution in [-0.4, -0.2) is 40.0 Å². The van der Waals surface area contributed by atoms with E-state index in [-0.39, 0.29) is 24.4 Å². The highest BCUT2D eigenvalue weighted by Crippen LogP contribution is 2.11. The molecule has 2 heterocycles. The lowest BCUT2D eigenvalue weighted by Gasteiger charge is -2.29. The summed E-state index contributed by atoms with van der Waals surface area (Å²) in [5.74, 6) is 0.266. The molecule has 0 spiro atoms. The van der Waals surface area contributed by atoms with Crippen molar-refractivity contribution in [1.29, 1.82) is 0 Å². The minimum Gasteiger partial charge on any atom is -0.347 e. The maximum atomic E-state index is 12.3. The van der Waals surface area contributed by atoms with Crippen LogP contribution in [0, 0.1) is 5.92 Å². The van der Waals surface area contributed by atoms with Crippen LogP contribution in [0.5, 0.6) is 0 Å². The predicted molar refractivity (Wildman–Crippen MR) is 86.5 cm³/mol. The molecule has 1 fully saturated rings. The minimum absolute atomic E-state index is 0. The Bertz CT molecular complexity index is 615. The topological polar surface area (TPSA) is 71.8 Å². The first-order valence-corrected chi connectivity index (χ1v) is 7.23. The van der Waals surface area contributed by atoms with Crippen LogP contribution in [0.1, 0.15) is 23.8 Å². The molecule has 0 saturated carbocycles. The van der Waals surface area contributed by atoms with Gasteiger partial charge in [0.1, 0.15) is 0 Å². The zero-order chi connectivity index (χ0) is 14.7. The molecule has 2 N–H and O–H groups in total. The fourth-order valence-electron chi connectivity index (χ4n) is 2.52. The third-order valence-corrected chi connectivity index (χ3v) is 3.81. The van der Waals surface area contributed by atoms with Crippen molar-refractivity contribution in [2.45, 2.75) is 19.4 Å². The van der Waals surface area contributed by atoms with Gasteiger partial charge in [-0.15, -0.1) is 17.5 Å². The summed E-state index contributed by atoms with van der Waals surface area (Å²) in [6.45, 7) is 4.01. The van der Waals surface area contributed by atoms with Crippen molar-refractivity contribution >= 4 is 18.3 Å². The Labute approximate surface area is 135 Å². The Morgan fingerprint density at radius 1 is 1.36 bits per heavy atom. The predicted octanol–water partition coefficient (Wildman–Crippen LogP) is 1.42. The number of hydrogen-bond donors (Lipinski definition) is 2. The summed E-state index contributed by atoms with van der Waals surface area (Å²) in [5, 5.41) is 14.8. The van der Waals surface area contributed by atoms with Crippen LogP contribution >= 0.6 is 12.4 Å². The molecule has 22 heavy (non-hydrogen) atoms. The number of halogens is 1. The van der Waals surface area contributed by atoms with Crippen LogP contribution in [0.4, 0.5) is 0 Å².